The number of rotatable bonds is 5. The Labute approximate surface area is 83.7 Å². The van der Waals surface area contributed by atoms with E-state index in [1.54, 1.807) is 11.8 Å². The van der Waals surface area contributed by atoms with Crippen molar-refractivity contribution in [1.82, 2.24) is 14.8 Å². The van der Waals surface area contributed by atoms with Crippen LogP contribution < -0.4 is 0 Å². The first-order valence-corrected chi connectivity index (χ1v) is 4.76. The second-order valence-electron chi connectivity index (χ2n) is 3.20. The van der Waals surface area contributed by atoms with E-state index in [1.165, 1.54) is 6.33 Å². The molecule has 2 atom stereocenters. The molecule has 0 fully saturated rings. The van der Waals surface area contributed by atoms with Crippen LogP contribution >= 0.6 is 0 Å². The van der Waals surface area contributed by atoms with Gasteiger partial charge in [0.1, 0.15) is 12.2 Å². The Morgan fingerprint density at radius 3 is 2.93 bits per heavy atom. The molecule has 0 saturated heterocycles. The van der Waals surface area contributed by atoms with Crippen LogP contribution in [0.15, 0.2) is 6.33 Å². The van der Waals surface area contributed by atoms with E-state index in [9.17, 15) is 5.11 Å². The third kappa shape index (κ3) is 2.52. The third-order valence-electron chi connectivity index (χ3n) is 2.30. The number of hydrogen-bond donors (Lipinski definition) is 1. The van der Waals surface area contributed by atoms with Gasteiger partial charge in [0.05, 0.1) is 12.2 Å². The van der Waals surface area contributed by atoms with Gasteiger partial charge in [-0.1, -0.05) is 0 Å². The van der Waals surface area contributed by atoms with Gasteiger partial charge in [-0.15, -0.1) is 0 Å². The number of nitrogens with zero attached hydrogens (tertiary/aromatic N) is 3. The second-order valence-corrected chi connectivity index (χ2v) is 3.20. The largest absolute Gasteiger partial charge is 0.390 e. The summed E-state index contributed by atoms with van der Waals surface area (Å²) in [5, 5.41) is 13.7. The number of aromatic nitrogens is 3. The number of aliphatic hydroxyl groups is 1. The zero-order valence-corrected chi connectivity index (χ0v) is 8.84. The van der Waals surface area contributed by atoms with Gasteiger partial charge in [-0.25, -0.2) is 4.98 Å². The van der Waals surface area contributed by atoms with E-state index in [2.05, 4.69) is 10.1 Å². The maximum atomic E-state index is 9.70. The van der Waals surface area contributed by atoms with Gasteiger partial charge in [0.2, 0.25) is 0 Å². The maximum absolute atomic E-state index is 9.70. The number of aryl methyl sites for hydroxylation is 1. The fourth-order valence-corrected chi connectivity index (χ4v) is 1.22. The zero-order valence-electron chi connectivity index (χ0n) is 8.84. The van der Waals surface area contributed by atoms with Crippen LogP contribution in [0.2, 0.25) is 0 Å². The SMILES string of the molecule is CCn1ncnc1CC(O)C(C)OC. The fourth-order valence-electron chi connectivity index (χ4n) is 1.22. The molecule has 1 N–H and O–H groups in total. The van der Waals surface area contributed by atoms with E-state index < -0.39 is 6.10 Å². The molecule has 0 aliphatic carbocycles. The Kier molecular flexibility index (Phi) is 4.03. The van der Waals surface area contributed by atoms with Crippen molar-refractivity contribution in [2.75, 3.05) is 7.11 Å². The highest BCUT2D eigenvalue weighted by Gasteiger charge is 2.16. The van der Waals surface area contributed by atoms with Gasteiger partial charge in [0.15, 0.2) is 0 Å². The molecular weight excluding hydrogens is 182 g/mol. The molecule has 1 heterocycles. The van der Waals surface area contributed by atoms with Crippen LogP contribution in [-0.2, 0) is 17.7 Å². The molecule has 14 heavy (non-hydrogen) atoms. The lowest BCUT2D eigenvalue weighted by Gasteiger charge is -2.16. The lowest BCUT2D eigenvalue weighted by molar-refractivity contribution is -0.000997. The van der Waals surface area contributed by atoms with Crippen molar-refractivity contribution in [3.05, 3.63) is 12.2 Å². The molecule has 0 aromatic carbocycles. The van der Waals surface area contributed by atoms with Gasteiger partial charge in [-0.3, -0.25) is 4.68 Å². The molecule has 0 bridgehead atoms. The van der Waals surface area contributed by atoms with E-state index in [4.69, 9.17) is 4.74 Å². The normalized spacial score (nSPS) is 15.4. The topological polar surface area (TPSA) is 60.2 Å². The average molecular weight is 199 g/mol. The van der Waals surface area contributed by atoms with Crippen LogP contribution in [-0.4, -0.2) is 39.2 Å². The minimum Gasteiger partial charge on any atom is -0.390 e. The van der Waals surface area contributed by atoms with E-state index in [0.29, 0.717) is 6.42 Å². The summed E-state index contributed by atoms with van der Waals surface area (Å²) < 4.78 is 6.80. The molecule has 1 rings (SSSR count). The summed E-state index contributed by atoms with van der Waals surface area (Å²) >= 11 is 0. The number of ether oxygens (including phenoxy) is 1. The Bertz CT molecular complexity index is 275. The summed E-state index contributed by atoms with van der Waals surface area (Å²) in [5.41, 5.74) is 0. The van der Waals surface area contributed by atoms with E-state index in [0.717, 1.165) is 12.4 Å². The summed E-state index contributed by atoms with van der Waals surface area (Å²) in [4.78, 5) is 4.08. The molecule has 1 aromatic heterocycles. The number of hydrogen-bond acceptors (Lipinski definition) is 4. The van der Waals surface area contributed by atoms with Gasteiger partial charge in [0, 0.05) is 20.1 Å². The molecule has 0 radical (unpaired) electrons. The standard InChI is InChI=1S/C9H17N3O2/c1-4-12-9(10-6-11-12)5-8(13)7(2)14-3/h6-8,13H,4-5H2,1-3H3. The highest BCUT2D eigenvalue weighted by atomic mass is 16.5. The summed E-state index contributed by atoms with van der Waals surface area (Å²) in [5.74, 6) is 0.795. The molecule has 0 spiro atoms. The molecule has 0 saturated carbocycles. The minimum absolute atomic E-state index is 0.183. The average Bonchev–Trinajstić information content (AvgIpc) is 2.63. The molecule has 0 amide bonds. The summed E-state index contributed by atoms with van der Waals surface area (Å²) in [7, 11) is 1.58. The Balaban J connectivity index is 2.59. The highest BCUT2D eigenvalue weighted by molar-refractivity contribution is 4.88. The van der Waals surface area contributed by atoms with Crippen molar-refractivity contribution in [2.45, 2.75) is 39.0 Å². The van der Waals surface area contributed by atoms with Crippen LogP contribution in [0.25, 0.3) is 0 Å². The molecule has 5 nitrogen and oxygen atoms in total. The molecule has 0 aliphatic rings. The smallest absolute Gasteiger partial charge is 0.138 e. The summed E-state index contributed by atoms with van der Waals surface area (Å²) in [6.07, 6.45) is 1.26. The van der Waals surface area contributed by atoms with E-state index in [1.807, 2.05) is 13.8 Å². The second kappa shape index (κ2) is 5.07. The van der Waals surface area contributed by atoms with Crippen LogP contribution in [0, 0.1) is 0 Å². The predicted octanol–water partition coefficient (Wildman–Crippen LogP) is 0.236. The summed E-state index contributed by atoms with van der Waals surface area (Å²) in [6, 6.07) is 0. The van der Waals surface area contributed by atoms with Gasteiger partial charge in [-0.2, -0.15) is 5.10 Å². The van der Waals surface area contributed by atoms with Gasteiger partial charge < -0.3 is 9.84 Å². The van der Waals surface area contributed by atoms with Crippen LogP contribution in [0.5, 0.6) is 0 Å². The molecule has 5 heteroatoms. The number of methoxy groups -OCH3 is 1. The van der Waals surface area contributed by atoms with Crippen molar-refractivity contribution < 1.29 is 9.84 Å². The fraction of sp³-hybridized carbons (Fsp3) is 0.778. The first-order chi connectivity index (χ1) is 6.69. The monoisotopic (exact) mass is 199 g/mol. The van der Waals surface area contributed by atoms with Crippen LogP contribution in [0.1, 0.15) is 19.7 Å². The minimum atomic E-state index is -0.533. The summed E-state index contributed by atoms with van der Waals surface area (Å²) in [6.45, 7) is 4.59. The number of aliphatic hydroxyl groups excluding tert-OH is 1. The van der Waals surface area contributed by atoms with Gasteiger partial charge in [-0.05, 0) is 13.8 Å². The lowest BCUT2D eigenvalue weighted by Crippen LogP contribution is -2.28. The lowest BCUT2D eigenvalue weighted by atomic mass is 10.1. The van der Waals surface area contributed by atoms with Gasteiger partial charge in [0.25, 0.3) is 0 Å². The Hall–Kier alpha value is -0.940. The molecular formula is C9H17N3O2. The van der Waals surface area contributed by atoms with Crippen LogP contribution in [0.4, 0.5) is 0 Å². The molecule has 1 aromatic rings. The Morgan fingerprint density at radius 1 is 1.64 bits per heavy atom. The quantitative estimate of drug-likeness (QED) is 0.737. The van der Waals surface area contributed by atoms with Crippen molar-refractivity contribution in [3.8, 4) is 0 Å². The van der Waals surface area contributed by atoms with E-state index >= 15 is 0 Å². The first kappa shape index (κ1) is 11.1. The van der Waals surface area contributed by atoms with Crippen LogP contribution in [0.3, 0.4) is 0 Å². The van der Waals surface area contributed by atoms with Crippen molar-refractivity contribution >= 4 is 0 Å². The van der Waals surface area contributed by atoms with Crippen molar-refractivity contribution in [2.24, 2.45) is 0 Å². The van der Waals surface area contributed by atoms with E-state index in [-0.39, 0.29) is 6.10 Å². The zero-order chi connectivity index (χ0) is 10.6. The molecule has 0 aliphatic heterocycles. The maximum Gasteiger partial charge on any atom is 0.138 e. The Morgan fingerprint density at radius 2 is 2.36 bits per heavy atom. The third-order valence-corrected chi connectivity index (χ3v) is 2.30. The van der Waals surface area contributed by atoms with Gasteiger partial charge >= 0.3 is 0 Å². The molecule has 2 unspecified atom stereocenters. The van der Waals surface area contributed by atoms with Crippen molar-refractivity contribution in [1.29, 1.82) is 0 Å². The first-order valence-electron chi connectivity index (χ1n) is 4.76. The molecule has 80 valence electrons. The highest BCUT2D eigenvalue weighted by Crippen LogP contribution is 2.05. The van der Waals surface area contributed by atoms with Crippen molar-refractivity contribution in [3.63, 3.8) is 0 Å². The predicted molar refractivity (Wildman–Crippen MR) is 51.9 cm³/mol.